The molecule has 1 aliphatic heterocycles. The monoisotopic (exact) mass is 493 g/mol. The summed E-state index contributed by atoms with van der Waals surface area (Å²) in [6, 6.07) is 15.7. The molecular formula is C25H23N3O6S. The Balaban J connectivity index is 1.16. The summed E-state index contributed by atoms with van der Waals surface area (Å²) in [5, 5.41) is 16.4. The zero-order valence-electron chi connectivity index (χ0n) is 18.6. The van der Waals surface area contributed by atoms with Crippen molar-refractivity contribution in [1.29, 1.82) is 0 Å². The molecule has 1 aromatic heterocycles. The third-order valence-electron chi connectivity index (χ3n) is 6.25. The largest absolute Gasteiger partial charge is 0.476 e. The van der Waals surface area contributed by atoms with Gasteiger partial charge in [0.15, 0.2) is 5.69 Å². The van der Waals surface area contributed by atoms with Crippen molar-refractivity contribution in [3.8, 4) is 11.1 Å². The Morgan fingerprint density at radius 1 is 1.06 bits per heavy atom. The molecule has 2 amide bonds. The first-order valence-electron chi connectivity index (χ1n) is 11.2. The van der Waals surface area contributed by atoms with Gasteiger partial charge < -0.3 is 25.2 Å². The lowest BCUT2D eigenvalue weighted by molar-refractivity contribution is -0.125. The van der Waals surface area contributed by atoms with Crippen molar-refractivity contribution in [3.63, 3.8) is 0 Å². The van der Waals surface area contributed by atoms with Crippen LogP contribution in [0, 0.1) is 5.92 Å². The number of fused-ring (bicyclic) bond motifs is 3. The number of rotatable bonds is 7. The molecule has 3 aromatic rings. The smallest absolute Gasteiger partial charge is 0.407 e. The van der Waals surface area contributed by atoms with E-state index in [4.69, 9.17) is 14.6 Å². The van der Waals surface area contributed by atoms with Crippen molar-refractivity contribution >= 4 is 29.3 Å². The summed E-state index contributed by atoms with van der Waals surface area (Å²) < 4.78 is 11.0. The van der Waals surface area contributed by atoms with E-state index in [1.165, 1.54) is 5.38 Å². The number of carboxylic acids is 1. The van der Waals surface area contributed by atoms with Crippen molar-refractivity contribution in [2.75, 3.05) is 19.8 Å². The van der Waals surface area contributed by atoms with E-state index in [0.29, 0.717) is 5.01 Å². The number of alkyl carbamates (subject to hydrolysis) is 1. The van der Waals surface area contributed by atoms with E-state index in [1.807, 2.05) is 36.4 Å². The molecule has 0 saturated carbocycles. The predicted octanol–water partition coefficient (Wildman–Crippen LogP) is 3.01. The first-order chi connectivity index (χ1) is 17.0. The third kappa shape index (κ3) is 4.75. The van der Waals surface area contributed by atoms with E-state index in [9.17, 15) is 14.4 Å². The lowest BCUT2D eigenvalue weighted by Gasteiger charge is -2.19. The molecule has 5 rings (SSSR count). The number of aromatic nitrogens is 1. The molecule has 2 atom stereocenters. The molecule has 180 valence electrons. The van der Waals surface area contributed by atoms with Crippen LogP contribution in [0.4, 0.5) is 4.79 Å². The number of benzene rings is 2. The van der Waals surface area contributed by atoms with Crippen LogP contribution in [0.1, 0.15) is 32.5 Å². The molecule has 10 heteroatoms. The summed E-state index contributed by atoms with van der Waals surface area (Å²) in [6.07, 6.45) is -0.605. The van der Waals surface area contributed by atoms with E-state index in [-0.39, 0.29) is 43.9 Å². The summed E-state index contributed by atoms with van der Waals surface area (Å²) in [6.45, 7) is 0.645. The topological polar surface area (TPSA) is 127 Å². The quantitative estimate of drug-likeness (QED) is 0.462. The summed E-state index contributed by atoms with van der Waals surface area (Å²) in [4.78, 5) is 40.2. The predicted molar refractivity (Wildman–Crippen MR) is 127 cm³/mol. The first-order valence-corrected chi connectivity index (χ1v) is 12.0. The lowest BCUT2D eigenvalue weighted by Crippen LogP contribution is -2.46. The third-order valence-corrected chi connectivity index (χ3v) is 7.10. The Hall–Kier alpha value is -3.76. The fourth-order valence-corrected chi connectivity index (χ4v) is 5.24. The molecule has 0 bridgehead atoms. The van der Waals surface area contributed by atoms with Gasteiger partial charge in [-0.25, -0.2) is 14.6 Å². The molecule has 2 aromatic carbocycles. The van der Waals surface area contributed by atoms with Crippen LogP contribution in [0.15, 0.2) is 53.9 Å². The second kappa shape index (κ2) is 9.85. The van der Waals surface area contributed by atoms with Crippen molar-refractivity contribution in [3.05, 3.63) is 75.7 Å². The van der Waals surface area contributed by atoms with E-state index in [1.54, 1.807) is 0 Å². The fourth-order valence-electron chi connectivity index (χ4n) is 4.53. The maximum Gasteiger partial charge on any atom is 0.407 e. The van der Waals surface area contributed by atoms with Gasteiger partial charge in [-0.3, -0.25) is 4.79 Å². The van der Waals surface area contributed by atoms with Gasteiger partial charge in [0.05, 0.1) is 31.7 Å². The number of thiazole rings is 1. The van der Waals surface area contributed by atoms with Gasteiger partial charge in [-0.2, -0.15) is 0 Å². The van der Waals surface area contributed by atoms with Crippen LogP contribution in [-0.4, -0.2) is 53.9 Å². The first kappa shape index (κ1) is 23.0. The van der Waals surface area contributed by atoms with Crippen molar-refractivity contribution in [2.24, 2.45) is 5.92 Å². The van der Waals surface area contributed by atoms with Crippen LogP contribution >= 0.6 is 11.3 Å². The van der Waals surface area contributed by atoms with Gasteiger partial charge in [0.25, 0.3) is 0 Å². The van der Waals surface area contributed by atoms with Crippen LogP contribution in [0.3, 0.4) is 0 Å². The van der Waals surface area contributed by atoms with Crippen molar-refractivity contribution in [1.82, 2.24) is 15.6 Å². The number of hydrogen-bond donors (Lipinski definition) is 3. The minimum Gasteiger partial charge on any atom is -0.476 e. The number of carboxylic acid groups (broad SMARTS) is 1. The molecule has 35 heavy (non-hydrogen) atoms. The second-order valence-corrected chi connectivity index (χ2v) is 9.31. The van der Waals surface area contributed by atoms with Crippen LogP contribution < -0.4 is 10.6 Å². The molecule has 0 radical (unpaired) electrons. The van der Waals surface area contributed by atoms with E-state index >= 15 is 0 Å². The molecule has 2 aliphatic rings. The number of ether oxygens (including phenoxy) is 2. The van der Waals surface area contributed by atoms with Gasteiger partial charge in [0.2, 0.25) is 5.91 Å². The number of carbonyl (C=O) groups excluding carboxylic acids is 2. The highest BCUT2D eigenvalue weighted by atomic mass is 32.1. The highest BCUT2D eigenvalue weighted by molar-refractivity contribution is 7.09. The number of aromatic carboxylic acids is 1. The molecule has 0 spiro atoms. The maximum atomic E-state index is 12.7. The zero-order chi connectivity index (χ0) is 24.4. The Kier molecular flexibility index (Phi) is 6.47. The lowest BCUT2D eigenvalue weighted by atomic mass is 9.98. The normalized spacial score (nSPS) is 18.5. The summed E-state index contributed by atoms with van der Waals surface area (Å²) in [7, 11) is 0. The Bertz CT molecular complexity index is 1230. The van der Waals surface area contributed by atoms with Crippen molar-refractivity contribution in [2.45, 2.75) is 18.5 Å². The highest BCUT2D eigenvalue weighted by Gasteiger charge is 2.36. The standard InChI is InChI=1S/C25H23N3O6S/c29-23(26-9-22-27-21(13-35-22)24(30)31)19-10-33-12-20(19)28-25(32)34-11-18-16-7-3-1-5-14(16)15-6-2-4-8-17(15)18/h1-8,13,18-20H,9-12H2,(H,26,29)(H,28,32)(H,30,31). The number of hydrogen-bond acceptors (Lipinski definition) is 7. The summed E-state index contributed by atoms with van der Waals surface area (Å²) in [5.41, 5.74) is 4.48. The van der Waals surface area contributed by atoms with E-state index < -0.39 is 24.0 Å². The van der Waals surface area contributed by atoms with Crippen molar-refractivity contribution < 1.29 is 29.0 Å². The Morgan fingerprint density at radius 3 is 2.40 bits per heavy atom. The summed E-state index contributed by atoms with van der Waals surface area (Å²) in [5.74, 6) is -2.07. The number of carbonyl (C=O) groups is 3. The van der Waals surface area contributed by atoms with Crippen LogP contribution in [0.2, 0.25) is 0 Å². The SMILES string of the molecule is O=C(NC1COCC1C(=O)NCc1nc(C(=O)O)cs1)OCC1c2ccccc2-c2ccccc21. The van der Waals surface area contributed by atoms with Crippen LogP contribution in [0.25, 0.3) is 11.1 Å². The van der Waals surface area contributed by atoms with E-state index in [2.05, 4.69) is 27.8 Å². The second-order valence-electron chi connectivity index (χ2n) is 8.37. The molecule has 9 nitrogen and oxygen atoms in total. The molecule has 1 aliphatic carbocycles. The number of nitrogens with zero attached hydrogens (tertiary/aromatic N) is 1. The van der Waals surface area contributed by atoms with Crippen LogP contribution in [-0.2, 0) is 20.8 Å². The molecule has 1 saturated heterocycles. The number of nitrogens with one attached hydrogen (secondary N) is 2. The average molecular weight is 494 g/mol. The molecule has 3 N–H and O–H groups in total. The molecule has 2 unspecified atom stereocenters. The molecule has 1 fully saturated rings. The maximum absolute atomic E-state index is 12.7. The highest BCUT2D eigenvalue weighted by Crippen LogP contribution is 2.44. The van der Waals surface area contributed by atoms with Gasteiger partial charge >= 0.3 is 12.1 Å². The van der Waals surface area contributed by atoms with Gasteiger partial charge in [0.1, 0.15) is 11.6 Å². The Labute approximate surface area is 205 Å². The van der Waals surface area contributed by atoms with E-state index in [0.717, 1.165) is 33.6 Å². The van der Waals surface area contributed by atoms with Gasteiger partial charge in [0, 0.05) is 11.3 Å². The fraction of sp³-hybridized carbons (Fsp3) is 0.280. The minimum absolute atomic E-state index is 0.0546. The molecule has 2 heterocycles. The average Bonchev–Trinajstić information content (AvgIpc) is 3.59. The molecular weight excluding hydrogens is 470 g/mol. The van der Waals surface area contributed by atoms with Crippen LogP contribution in [0.5, 0.6) is 0 Å². The number of amides is 2. The van der Waals surface area contributed by atoms with Gasteiger partial charge in [-0.1, -0.05) is 48.5 Å². The zero-order valence-corrected chi connectivity index (χ0v) is 19.4. The minimum atomic E-state index is -1.12. The van der Waals surface area contributed by atoms with Gasteiger partial charge in [-0.05, 0) is 22.3 Å². The van der Waals surface area contributed by atoms with Gasteiger partial charge in [-0.15, -0.1) is 11.3 Å². The Morgan fingerprint density at radius 2 is 1.74 bits per heavy atom. The summed E-state index contributed by atoms with van der Waals surface area (Å²) >= 11 is 1.16.